The van der Waals surface area contributed by atoms with Gasteiger partial charge in [0.15, 0.2) is 11.6 Å². The predicted molar refractivity (Wildman–Crippen MR) is 69.7 cm³/mol. The number of carbonyl (C=O) groups is 1. The maximum Gasteiger partial charge on any atom is 0.338 e. The van der Waals surface area contributed by atoms with E-state index in [0.717, 1.165) is 19.3 Å². The van der Waals surface area contributed by atoms with Crippen LogP contribution in [-0.2, 0) is 0 Å². The van der Waals surface area contributed by atoms with E-state index in [1.165, 1.54) is 12.3 Å². The second kappa shape index (κ2) is 5.56. The molecule has 2 rings (SSSR count). The van der Waals surface area contributed by atoms with Crippen molar-refractivity contribution in [2.24, 2.45) is 0 Å². The highest BCUT2D eigenvalue weighted by molar-refractivity contribution is 7.99. The Bertz CT molecular complexity index is 456. The number of anilines is 1. The average Bonchev–Trinajstić information content (AvgIpc) is 2.79. The van der Waals surface area contributed by atoms with Crippen molar-refractivity contribution in [3.63, 3.8) is 0 Å². The van der Waals surface area contributed by atoms with Crippen LogP contribution in [0.15, 0.2) is 12.3 Å². The van der Waals surface area contributed by atoms with Crippen molar-refractivity contribution in [1.29, 1.82) is 0 Å². The van der Waals surface area contributed by atoms with E-state index in [9.17, 15) is 9.18 Å². The number of aromatic nitrogens is 1. The number of nitrogens with zero attached hydrogens (tertiary/aromatic N) is 1. The van der Waals surface area contributed by atoms with Crippen molar-refractivity contribution in [1.82, 2.24) is 4.98 Å². The van der Waals surface area contributed by atoms with Crippen molar-refractivity contribution < 1.29 is 14.3 Å². The van der Waals surface area contributed by atoms with Crippen LogP contribution in [0.4, 0.5) is 10.2 Å². The smallest absolute Gasteiger partial charge is 0.338 e. The first kappa shape index (κ1) is 13.1. The minimum absolute atomic E-state index is 0.0432. The minimum atomic E-state index is -1.27. The summed E-state index contributed by atoms with van der Waals surface area (Å²) in [4.78, 5) is 14.7. The molecule has 1 aromatic rings. The number of hydrogen-bond donors (Lipinski definition) is 2. The predicted octanol–water partition coefficient (Wildman–Crippen LogP) is 2.61. The molecule has 0 aliphatic heterocycles. The van der Waals surface area contributed by atoms with Gasteiger partial charge in [0.2, 0.25) is 0 Å². The SMILES string of the molecule is CSC1CCC(Nc2nccc(C(=O)O)c2F)C1. The molecule has 2 atom stereocenters. The Morgan fingerprint density at radius 2 is 2.39 bits per heavy atom. The van der Waals surface area contributed by atoms with Crippen LogP contribution in [0, 0.1) is 5.82 Å². The molecule has 4 nitrogen and oxygen atoms in total. The quantitative estimate of drug-likeness (QED) is 0.880. The Hall–Kier alpha value is -1.30. The number of halogens is 1. The van der Waals surface area contributed by atoms with Gasteiger partial charge in [0.1, 0.15) is 5.56 Å². The second-order valence-corrected chi connectivity index (χ2v) is 5.48. The molecule has 2 N–H and O–H groups in total. The average molecular weight is 270 g/mol. The molecule has 1 fully saturated rings. The fourth-order valence-corrected chi connectivity index (χ4v) is 2.98. The van der Waals surface area contributed by atoms with E-state index in [4.69, 9.17) is 5.11 Å². The van der Waals surface area contributed by atoms with Crippen molar-refractivity contribution in [3.05, 3.63) is 23.6 Å². The van der Waals surface area contributed by atoms with E-state index in [0.29, 0.717) is 5.25 Å². The molecule has 2 unspecified atom stereocenters. The largest absolute Gasteiger partial charge is 0.478 e. The first-order valence-electron chi connectivity index (χ1n) is 5.79. The van der Waals surface area contributed by atoms with Gasteiger partial charge in [-0.15, -0.1) is 0 Å². The third-order valence-corrected chi connectivity index (χ3v) is 4.27. The zero-order valence-corrected chi connectivity index (χ0v) is 10.8. The van der Waals surface area contributed by atoms with Crippen molar-refractivity contribution in [2.45, 2.75) is 30.6 Å². The van der Waals surface area contributed by atoms with Crippen molar-refractivity contribution >= 4 is 23.5 Å². The van der Waals surface area contributed by atoms with E-state index in [1.54, 1.807) is 0 Å². The van der Waals surface area contributed by atoms with E-state index >= 15 is 0 Å². The summed E-state index contributed by atoms with van der Waals surface area (Å²) in [6.07, 6.45) is 6.40. The molecule has 0 spiro atoms. The van der Waals surface area contributed by atoms with E-state index in [-0.39, 0.29) is 17.4 Å². The molecule has 0 aromatic carbocycles. The Kier molecular flexibility index (Phi) is 4.06. The fourth-order valence-electron chi connectivity index (χ4n) is 2.19. The monoisotopic (exact) mass is 270 g/mol. The van der Waals surface area contributed by atoms with Gasteiger partial charge in [-0.1, -0.05) is 0 Å². The highest BCUT2D eigenvalue weighted by Gasteiger charge is 2.25. The molecule has 6 heteroatoms. The Labute approximate surface area is 109 Å². The molecule has 0 saturated heterocycles. The van der Waals surface area contributed by atoms with Gasteiger partial charge in [0.05, 0.1) is 0 Å². The van der Waals surface area contributed by atoms with Crippen LogP contribution in [0.3, 0.4) is 0 Å². The molecule has 18 heavy (non-hydrogen) atoms. The van der Waals surface area contributed by atoms with Crippen LogP contribution in [0.25, 0.3) is 0 Å². The lowest BCUT2D eigenvalue weighted by Gasteiger charge is -2.14. The molecular formula is C12H15FN2O2S. The van der Waals surface area contributed by atoms with E-state index < -0.39 is 11.8 Å². The molecular weight excluding hydrogens is 255 g/mol. The lowest BCUT2D eigenvalue weighted by Crippen LogP contribution is -2.19. The topological polar surface area (TPSA) is 62.2 Å². The summed E-state index contributed by atoms with van der Waals surface area (Å²) in [5, 5.41) is 12.4. The van der Waals surface area contributed by atoms with Gasteiger partial charge in [-0.2, -0.15) is 11.8 Å². The van der Waals surface area contributed by atoms with Crippen LogP contribution in [0.1, 0.15) is 29.6 Å². The molecule has 1 saturated carbocycles. The number of carboxylic acid groups (broad SMARTS) is 1. The Morgan fingerprint density at radius 3 is 3.00 bits per heavy atom. The van der Waals surface area contributed by atoms with Crippen LogP contribution in [0.2, 0.25) is 0 Å². The maximum atomic E-state index is 13.8. The molecule has 1 aliphatic carbocycles. The summed E-state index contributed by atoms with van der Waals surface area (Å²) in [6, 6.07) is 1.34. The second-order valence-electron chi connectivity index (χ2n) is 4.34. The van der Waals surface area contributed by atoms with Gasteiger partial charge in [-0.25, -0.2) is 14.2 Å². The Balaban J connectivity index is 2.10. The van der Waals surface area contributed by atoms with Gasteiger partial charge in [0, 0.05) is 17.5 Å². The van der Waals surface area contributed by atoms with Crippen molar-refractivity contribution in [3.8, 4) is 0 Å². The number of rotatable bonds is 4. The summed E-state index contributed by atoms with van der Waals surface area (Å²) in [7, 11) is 0. The number of pyridine rings is 1. The maximum absolute atomic E-state index is 13.8. The highest BCUT2D eigenvalue weighted by Crippen LogP contribution is 2.30. The molecule has 0 radical (unpaired) electrons. The summed E-state index contributed by atoms with van der Waals surface area (Å²) in [6.45, 7) is 0. The highest BCUT2D eigenvalue weighted by atomic mass is 32.2. The number of nitrogens with one attached hydrogen (secondary N) is 1. The third kappa shape index (κ3) is 2.75. The van der Waals surface area contributed by atoms with Crippen LogP contribution in [0.5, 0.6) is 0 Å². The number of hydrogen-bond acceptors (Lipinski definition) is 4. The van der Waals surface area contributed by atoms with Gasteiger partial charge >= 0.3 is 5.97 Å². The summed E-state index contributed by atoms with van der Waals surface area (Å²) in [5.74, 6) is -2.01. The number of aromatic carboxylic acids is 1. The van der Waals surface area contributed by atoms with Gasteiger partial charge in [-0.3, -0.25) is 0 Å². The summed E-state index contributed by atoms with van der Waals surface area (Å²) >= 11 is 1.81. The van der Waals surface area contributed by atoms with Crippen molar-refractivity contribution in [2.75, 3.05) is 11.6 Å². The molecule has 98 valence electrons. The Morgan fingerprint density at radius 1 is 1.61 bits per heavy atom. The molecule has 1 aromatic heterocycles. The summed E-state index contributed by atoms with van der Waals surface area (Å²) < 4.78 is 13.8. The van der Waals surface area contributed by atoms with Gasteiger partial charge in [0.25, 0.3) is 0 Å². The first-order chi connectivity index (χ1) is 8.61. The molecule has 1 aliphatic rings. The zero-order valence-electron chi connectivity index (χ0n) is 10.0. The lowest BCUT2D eigenvalue weighted by atomic mass is 10.2. The minimum Gasteiger partial charge on any atom is -0.478 e. The van der Waals surface area contributed by atoms with Crippen LogP contribution >= 0.6 is 11.8 Å². The normalized spacial score (nSPS) is 23.0. The standard InChI is InChI=1S/C12H15FN2O2S/c1-18-8-3-2-7(6-8)15-11-10(13)9(12(16)17)4-5-14-11/h4-5,7-8H,2-3,6H2,1H3,(H,14,15)(H,16,17). The van der Waals surface area contributed by atoms with Gasteiger partial charge < -0.3 is 10.4 Å². The summed E-state index contributed by atoms with van der Waals surface area (Å²) in [5.41, 5.74) is -0.341. The van der Waals surface area contributed by atoms with Crippen LogP contribution in [-0.4, -0.2) is 33.6 Å². The molecule has 0 amide bonds. The number of thioether (sulfide) groups is 1. The van der Waals surface area contributed by atoms with Gasteiger partial charge in [-0.05, 0) is 31.6 Å². The number of carboxylic acids is 1. The molecule has 1 heterocycles. The van der Waals surface area contributed by atoms with E-state index in [1.807, 2.05) is 11.8 Å². The van der Waals surface area contributed by atoms with E-state index in [2.05, 4.69) is 16.6 Å². The zero-order chi connectivity index (χ0) is 13.1. The molecule has 0 bridgehead atoms. The third-order valence-electron chi connectivity index (χ3n) is 3.18. The van der Waals surface area contributed by atoms with Crippen LogP contribution < -0.4 is 5.32 Å². The fraction of sp³-hybridized carbons (Fsp3) is 0.500. The first-order valence-corrected chi connectivity index (χ1v) is 7.07. The lowest BCUT2D eigenvalue weighted by molar-refractivity contribution is 0.0692.